The number of hydrogen-bond acceptors (Lipinski definition) is 5. The van der Waals surface area contributed by atoms with E-state index in [0.717, 1.165) is 7.11 Å². The molecule has 98 valence electrons. The van der Waals surface area contributed by atoms with E-state index >= 15 is 0 Å². The van der Waals surface area contributed by atoms with Crippen molar-refractivity contribution < 1.29 is 33.0 Å². The average Bonchev–Trinajstić information content (AvgIpc) is 2.32. The van der Waals surface area contributed by atoms with Gasteiger partial charge in [0.25, 0.3) is 5.78 Å². The lowest BCUT2D eigenvalue weighted by Crippen LogP contribution is -2.19. The van der Waals surface area contributed by atoms with Crippen LogP contribution >= 0.6 is 0 Å². The van der Waals surface area contributed by atoms with E-state index in [2.05, 4.69) is 9.47 Å². The molecule has 0 amide bonds. The zero-order chi connectivity index (χ0) is 13.9. The van der Waals surface area contributed by atoms with Crippen LogP contribution in [0.3, 0.4) is 0 Å². The highest BCUT2D eigenvalue weighted by molar-refractivity contribution is 6.42. The molecule has 0 aliphatic heterocycles. The number of carbonyl (C=O) groups excluding carboxylic acids is 2. The van der Waals surface area contributed by atoms with Gasteiger partial charge in [-0.1, -0.05) is 0 Å². The third-order valence-electron chi connectivity index (χ3n) is 2.05. The second kappa shape index (κ2) is 5.44. The van der Waals surface area contributed by atoms with E-state index < -0.39 is 40.4 Å². The van der Waals surface area contributed by atoms with Crippen LogP contribution in [0.2, 0.25) is 0 Å². The van der Waals surface area contributed by atoms with Crippen molar-refractivity contribution in [2.24, 2.45) is 0 Å². The van der Waals surface area contributed by atoms with Crippen LogP contribution in [0.15, 0.2) is 6.07 Å². The Morgan fingerprint density at radius 1 is 1.33 bits per heavy atom. The molecular weight excluding hydrogens is 250 g/mol. The fourth-order valence-electron chi connectivity index (χ4n) is 1.30. The third kappa shape index (κ3) is 2.39. The van der Waals surface area contributed by atoms with Gasteiger partial charge in [-0.2, -0.15) is 0 Å². The number of phenolic OH excluding ortho intramolecular Hbond substituents is 1. The Hall–Kier alpha value is -2.18. The van der Waals surface area contributed by atoms with Crippen LogP contribution in [0.4, 0.5) is 8.78 Å². The maximum atomic E-state index is 13.3. The summed E-state index contributed by atoms with van der Waals surface area (Å²) in [5.74, 6) is -7.18. The molecule has 1 aromatic rings. The van der Waals surface area contributed by atoms with Crippen LogP contribution in [0.5, 0.6) is 11.5 Å². The highest BCUT2D eigenvalue weighted by Crippen LogP contribution is 2.33. The first-order chi connectivity index (χ1) is 8.43. The highest BCUT2D eigenvalue weighted by Gasteiger charge is 2.30. The van der Waals surface area contributed by atoms with Crippen LogP contribution in [-0.2, 0) is 9.53 Å². The Balaban J connectivity index is 3.38. The quantitative estimate of drug-likeness (QED) is 0.503. The molecular formula is C11H10F2O5. The Labute approximate surface area is 101 Å². The molecule has 0 aliphatic carbocycles. The molecule has 0 saturated carbocycles. The summed E-state index contributed by atoms with van der Waals surface area (Å²) in [6.07, 6.45) is 0. The van der Waals surface area contributed by atoms with Crippen molar-refractivity contribution in [2.75, 3.05) is 13.7 Å². The zero-order valence-corrected chi connectivity index (χ0v) is 9.62. The van der Waals surface area contributed by atoms with Crippen LogP contribution in [-0.4, -0.2) is 30.6 Å². The lowest BCUT2D eigenvalue weighted by molar-refractivity contribution is -0.137. The van der Waals surface area contributed by atoms with Gasteiger partial charge in [-0.3, -0.25) is 4.79 Å². The molecule has 1 N–H and O–H groups in total. The van der Waals surface area contributed by atoms with E-state index in [1.807, 2.05) is 0 Å². The number of benzene rings is 1. The summed E-state index contributed by atoms with van der Waals surface area (Å²) in [6.45, 7) is 1.36. The molecule has 1 rings (SSSR count). The number of carbonyl (C=O) groups is 2. The SMILES string of the molecule is CCOC(=O)C(=O)c1c(O)c(F)cc(F)c1OC. The van der Waals surface area contributed by atoms with Crippen molar-refractivity contribution in [2.45, 2.75) is 6.92 Å². The zero-order valence-electron chi connectivity index (χ0n) is 9.62. The van der Waals surface area contributed by atoms with Gasteiger partial charge in [-0.15, -0.1) is 0 Å². The Kier molecular flexibility index (Phi) is 4.19. The predicted octanol–water partition coefficient (Wildman–Crippen LogP) is 1.42. The average molecular weight is 260 g/mol. The molecule has 0 aromatic heterocycles. The van der Waals surface area contributed by atoms with Gasteiger partial charge in [0.15, 0.2) is 23.1 Å². The summed E-state index contributed by atoms with van der Waals surface area (Å²) in [7, 11) is 1.01. The minimum atomic E-state index is -1.38. The minimum Gasteiger partial charge on any atom is -0.504 e. The Morgan fingerprint density at radius 3 is 2.44 bits per heavy atom. The fourth-order valence-corrected chi connectivity index (χ4v) is 1.30. The molecule has 0 aliphatic rings. The van der Waals surface area contributed by atoms with Crippen molar-refractivity contribution in [3.05, 3.63) is 23.3 Å². The highest BCUT2D eigenvalue weighted by atomic mass is 19.1. The molecule has 0 unspecified atom stereocenters. The lowest BCUT2D eigenvalue weighted by atomic mass is 10.1. The number of rotatable bonds is 4. The van der Waals surface area contributed by atoms with E-state index in [1.165, 1.54) is 6.92 Å². The summed E-state index contributed by atoms with van der Waals surface area (Å²) in [4.78, 5) is 22.8. The topological polar surface area (TPSA) is 72.8 Å². The standard InChI is InChI=1S/C11H10F2O5/c1-3-18-11(16)9(15)7-8(14)5(12)4-6(13)10(7)17-2/h4,14H,3H2,1-2H3. The Bertz CT molecular complexity index is 499. The molecule has 0 spiro atoms. The summed E-state index contributed by atoms with van der Waals surface area (Å²) in [5, 5.41) is 9.37. The molecule has 1 aromatic carbocycles. The van der Waals surface area contributed by atoms with Crippen molar-refractivity contribution in [3.8, 4) is 11.5 Å². The molecule has 0 bridgehead atoms. The van der Waals surface area contributed by atoms with Gasteiger partial charge >= 0.3 is 5.97 Å². The summed E-state index contributed by atoms with van der Waals surface area (Å²) in [5.41, 5.74) is -0.895. The lowest BCUT2D eigenvalue weighted by Gasteiger charge is -2.10. The molecule has 0 atom stereocenters. The molecule has 0 saturated heterocycles. The molecule has 18 heavy (non-hydrogen) atoms. The summed E-state index contributed by atoms with van der Waals surface area (Å²) in [6, 6.07) is 0.343. The van der Waals surface area contributed by atoms with Gasteiger partial charge in [0.05, 0.1) is 13.7 Å². The third-order valence-corrected chi connectivity index (χ3v) is 2.05. The monoisotopic (exact) mass is 260 g/mol. The molecule has 0 fully saturated rings. The number of aromatic hydroxyl groups is 1. The van der Waals surface area contributed by atoms with Gasteiger partial charge in [-0.25, -0.2) is 13.6 Å². The molecule has 0 radical (unpaired) electrons. The predicted molar refractivity (Wildman–Crippen MR) is 55.5 cm³/mol. The van der Waals surface area contributed by atoms with Crippen molar-refractivity contribution in [1.29, 1.82) is 0 Å². The number of Topliss-reactive ketones (excluding diaryl/α,β-unsaturated/α-hetero) is 1. The number of hydrogen-bond donors (Lipinski definition) is 1. The normalized spacial score (nSPS) is 10.0. The number of halogens is 2. The maximum Gasteiger partial charge on any atom is 0.379 e. The van der Waals surface area contributed by atoms with E-state index in [1.54, 1.807) is 0 Å². The first kappa shape index (κ1) is 13.9. The largest absolute Gasteiger partial charge is 0.504 e. The van der Waals surface area contributed by atoms with Gasteiger partial charge < -0.3 is 14.6 Å². The van der Waals surface area contributed by atoms with Gasteiger partial charge in [0, 0.05) is 6.07 Å². The molecule has 0 heterocycles. The van der Waals surface area contributed by atoms with E-state index in [4.69, 9.17) is 0 Å². The van der Waals surface area contributed by atoms with Crippen LogP contribution in [0.1, 0.15) is 17.3 Å². The number of ether oxygens (including phenoxy) is 2. The second-order valence-corrected chi connectivity index (χ2v) is 3.15. The van der Waals surface area contributed by atoms with Crippen molar-refractivity contribution >= 4 is 11.8 Å². The first-order valence-corrected chi connectivity index (χ1v) is 4.90. The van der Waals surface area contributed by atoms with Gasteiger partial charge in [-0.05, 0) is 6.92 Å². The van der Waals surface area contributed by atoms with E-state index in [-0.39, 0.29) is 6.61 Å². The summed E-state index contributed by atoms with van der Waals surface area (Å²) >= 11 is 0. The number of phenols is 1. The van der Waals surface area contributed by atoms with Gasteiger partial charge in [0.1, 0.15) is 5.56 Å². The maximum absolute atomic E-state index is 13.3. The Morgan fingerprint density at radius 2 is 1.94 bits per heavy atom. The molecule has 7 heteroatoms. The number of ketones is 1. The fraction of sp³-hybridized carbons (Fsp3) is 0.273. The van der Waals surface area contributed by atoms with Gasteiger partial charge in [0.2, 0.25) is 0 Å². The second-order valence-electron chi connectivity index (χ2n) is 3.15. The smallest absolute Gasteiger partial charge is 0.379 e. The first-order valence-electron chi connectivity index (χ1n) is 4.90. The van der Waals surface area contributed by atoms with Crippen LogP contribution < -0.4 is 4.74 Å². The van der Waals surface area contributed by atoms with E-state index in [0.29, 0.717) is 6.07 Å². The van der Waals surface area contributed by atoms with E-state index in [9.17, 15) is 23.5 Å². The molecule has 5 nitrogen and oxygen atoms in total. The number of esters is 1. The minimum absolute atomic E-state index is 0.0918. The van der Waals surface area contributed by atoms with Crippen molar-refractivity contribution in [1.82, 2.24) is 0 Å². The summed E-state index contributed by atoms with van der Waals surface area (Å²) < 4.78 is 35.4. The van der Waals surface area contributed by atoms with Crippen LogP contribution in [0, 0.1) is 11.6 Å². The van der Waals surface area contributed by atoms with Crippen molar-refractivity contribution in [3.63, 3.8) is 0 Å². The number of methoxy groups -OCH3 is 1. The van der Waals surface area contributed by atoms with Crippen LogP contribution in [0.25, 0.3) is 0 Å².